The highest BCUT2D eigenvalue weighted by Gasteiger charge is 1.96. The number of nitrogens with one attached hydrogen (secondary N) is 1. The molecule has 4 heteroatoms. The number of amides is 1. The first-order chi connectivity index (χ1) is 6.11. The molecular formula is C9H17N3O. The number of hydrogen-bond donors (Lipinski definition) is 2. The molecular weight excluding hydrogens is 166 g/mol. The summed E-state index contributed by atoms with van der Waals surface area (Å²) >= 11 is 0. The predicted molar refractivity (Wildman–Crippen MR) is 53.5 cm³/mol. The quantitative estimate of drug-likeness (QED) is 0.620. The van der Waals surface area contributed by atoms with Crippen molar-refractivity contribution < 1.29 is 4.79 Å². The van der Waals surface area contributed by atoms with Crippen LogP contribution in [0.3, 0.4) is 0 Å². The first-order valence-electron chi connectivity index (χ1n) is 4.17. The van der Waals surface area contributed by atoms with Gasteiger partial charge in [-0.1, -0.05) is 6.92 Å². The van der Waals surface area contributed by atoms with Gasteiger partial charge in [-0.3, -0.25) is 4.79 Å². The van der Waals surface area contributed by atoms with Crippen molar-refractivity contribution in [2.75, 3.05) is 14.1 Å². The van der Waals surface area contributed by atoms with Gasteiger partial charge in [-0.15, -0.1) is 0 Å². The highest BCUT2D eigenvalue weighted by Crippen LogP contribution is 2.00. The van der Waals surface area contributed by atoms with Crippen LogP contribution in [0.4, 0.5) is 0 Å². The molecule has 0 aromatic heterocycles. The van der Waals surface area contributed by atoms with E-state index in [1.165, 1.54) is 12.3 Å². The molecule has 0 saturated heterocycles. The highest BCUT2D eigenvalue weighted by molar-refractivity contribution is 5.88. The van der Waals surface area contributed by atoms with Crippen molar-refractivity contribution >= 4 is 5.91 Å². The minimum Gasteiger partial charge on any atom is -0.404 e. The molecule has 0 fully saturated rings. The molecule has 0 bridgehead atoms. The zero-order valence-electron chi connectivity index (χ0n) is 8.37. The summed E-state index contributed by atoms with van der Waals surface area (Å²) in [7, 11) is 3.86. The average molecular weight is 183 g/mol. The number of carbonyl (C=O) groups is 1. The van der Waals surface area contributed by atoms with E-state index in [9.17, 15) is 4.79 Å². The lowest BCUT2D eigenvalue weighted by Gasteiger charge is -2.15. The van der Waals surface area contributed by atoms with Crippen LogP contribution in [0.1, 0.15) is 13.3 Å². The van der Waals surface area contributed by atoms with E-state index in [1.54, 1.807) is 6.20 Å². The molecule has 0 spiro atoms. The molecule has 0 aromatic rings. The SMILES string of the molecule is CC/C(=C/NC(=O)/C=C/N)N(C)C. The summed E-state index contributed by atoms with van der Waals surface area (Å²) in [6.07, 6.45) is 5.05. The Morgan fingerprint density at radius 2 is 2.15 bits per heavy atom. The summed E-state index contributed by atoms with van der Waals surface area (Å²) in [4.78, 5) is 12.9. The van der Waals surface area contributed by atoms with Gasteiger partial charge in [0.1, 0.15) is 0 Å². The second kappa shape index (κ2) is 6.11. The molecule has 4 nitrogen and oxygen atoms in total. The standard InChI is InChI=1S/C9H17N3O/c1-4-8(12(2)3)7-11-9(13)5-6-10/h5-7H,4,10H2,1-3H3,(H,11,13)/b6-5+,8-7-. The van der Waals surface area contributed by atoms with Gasteiger partial charge in [-0.05, 0) is 12.6 Å². The van der Waals surface area contributed by atoms with Gasteiger partial charge in [0.15, 0.2) is 0 Å². The lowest BCUT2D eigenvalue weighted by molar-refractivity contribution is -0.115. The Labute approximate surface area is 79.1 Å². The van der Waals surface area contributed by atoms with Crippen LogP contribution in [0.15, 0.2) is 24.2 Å². The van der Waals surface area contributed by atoms with Crippen LogP contribution in [-0.2, 0) is 4.79 Å². The van der Waals surface area contributed by atoms with Gasteiger partial charge >= 0.3 is 0 Å². The lowest BCUT2D eigenvalue weighted by atomic mass is 10.3. The molecule has 0 rings (SSSR count). The van der Waals surface area contributed by atoms with Crippen LogP contribution in [0.25, 0.3) is 0 Å². The average Bonchev–Trinajstić information content (AvgIpc) is 2.05. The van der Waals surface area contributed by atoms with E-state index in [2.05, 4.69) is 5.32 Å². The Morgan fingerprint density at radius 1 is 1.54 bits per heavy atom. The van der Waals surface area contributed by atoms with E-state index in [0.717, 1.165) is 12.1 Å². The summed E-state index contributed by atoms with van der Waals surface area (Å²) < 4.78 is 0. The van der Waals surface area contributed by atoms with Gasteiger partial charge in [-0.25, -0.2) is 0 Å². The molecule has 0 radical (unpaired) electrons. The van der Waals surface area contributed by atoms with Crippen LogP contribution in [0.5, 0.6) is 0 Å². The van der Waals surface area contributed by atoms with Crippen LogP contribution < -0.4 is 11.1 Å². The normalized spacial score (nSPS) is 11.8. The smallest absolute Gasteiger partial charge is 0.249 e. The maximum absolute atomic E-state index is 10.9. The van der Waals surface area contributed by atoms with Gasteiger partial charge in [0, 0.05) is 32.1 Å². The van der Waals surface area contributed by atoms with Crippen LogP contribution in [-0.4, -0.2) is 24.9 Å². The molecule has 0 saturated carbocycles. The van der Waals surface area contributed by atoms with Crippen molar-refractivity contribution in [3.05, 3.63) is 24.2 Å². The summed E-state index contributed by atoms with van der Waals surface area (Å²) in [5.41, 5.74) is 6.11. The van der Waals surface area contributed by atoms with E-state index in [0.29, 0.717) is 0 Å². The zero-order valence-corrected chi connectivity index (χ0v) is 8.37. The van der Waals surface area contributed by atoms with Crippen molar-refractivity contribution in [1.82, 2.24) is 10.2 Å². The third-order valence-electron chi connectivity index (χ3n) is 1.57. The van der Waals surface area contributed by atoms with Gasteiger partial charge in [0.25, 0.3) is 0 Å². The van der Waals surface area contributed by atoms with E-state index < -0.39 is 0 Å². The first-order valence-corrected chi connectivity index (χ1v) is 4.17. The molecule has 0 unspecified atom stereocenters. The number of allylic oxidation sites excluding steroid dienone is 1. The molecule has 3 N–H and O–H groups in total. The molecule has 0 atom stereocenters. The molecule has 13 heavy (non-hydrogen) atoms. The Balaban J connectivity index is 4.14. The first kappa shape index (κ1) is 11.6. The van der Waals surface area contributed by atoms with Crippen molar-refractivity contribution in [3.63, 3.8) is 0 Å². The van der Waals surface area contributed by atoms with Crippen LogP contribution >= 0.6 is 0 Å². The fourth-order valence-corrected chi connectivity index (χ4v) is 0.837. The van der Waals surface area contributed by atoms with Crippen molar-refractivity contribution in [2.24, 2.45) is 5.73 Å². The largest absolute Gasteiger partial charge is 0.404 e. The molecule has 1 amide bonds. The Morgan fingerprint density at radius 3 is 2.54 bits per heavy atom. The fourth-order valence-electron chi connectivity index (χ4n) is 0.837. The number of rotatable bonds is 4. The predicted octanol–water partition coefficient (Wildman–Crippen LogP) is 0.388. The maximum Gasteiger partial charge on any atom is 0.249 e. The third kappa shape index (κ3) is 4.90. The molecule has 0 aliphatic rings. The summed E-state index contributed by atoms with van der Waals surface area (Å²) in [6, 6.07) is 0. The number of carbonyl (C=O) groups excluding carboxylic acids is 1. The van der Waals surface area contributed by atoms with Crippen molar-refractivity contribution in [3.8, 4) is 0 Å². The molecule has 0 aliphatic carbocycles. The van der Waals surface area contributed by atoms with Crippen LogP contribution in [0, 0.1) is 0 Å². The number of hydrogen-bond acceptors (Lipinski definition) is 3. The second-order valence-corrected chi connectivity index (χ2v) is 2.75. The minimum absolute atomic E-state index is 0.213. The fraction of sp³-hybridized carbons (Fsp3) is 0.444. The summed E-state index contributed by atoms with van der Waals surface area (Å²) in [5, 5.41) is 2.61. The Kier molecular flexibility index (Phi) is 5.43. The van der Waals surface area contributed by atoms with Gasteiger partial charge in [0.2, 0.25) is 5.91 Å². The Bertz CT molecular complexity index is 219. The second-order valence-electron chi connectivity index (χ2n) is 2.75. The number of nitrogens with two attached hydrogens (primary N) is 1. The molecule has 0 aromatic carbocycles. The van der Waals surface area contributed by atoms with Gasteiger partial charge < -0.3 is 16.0 Å². The zero-order chi connectivity index (χ0) is 10.3. The summed E-state index contributed by atoms with van der Waals surface area (Å²) in [6.45, 7) is 2.02. The van der Waals surface area contributed by atoms with Gasteiger partial charge in [-0.2, -0.15) is 0 Å². The Hall–Kier alpha value is -1.45. The summed E-state index contributed by atoms with van der Waals surface area (Å²) in [5.74, 6) is -0.213. The molecule has 0 heterocycles. The van der Waals surface area contributed by atoms with Crippen LogP contribution in [0.2, 0.25) is 0 Å². The molecule has 74 valence electrons. The van der Waals surface area contributed by atoms with E-state index in [-0.39, 0.29) is 5.91 Å². The molecule has 0 aliphatic heterocycles. The topological polar surface area (TPSA) is 58.4 Å². The highest BCUT2D eigenvalue weighted by atomic mass is 16.1. The van der Waals surface area contributed by atoms with E-state index in [1.807, 2.05) is 25.9 Å². The monoisotopic (exact) mass is 183 g/mol. The van der Waals surface area contributed by atoms with E-state index in [4.69, 9.17) is 5.73 Å². The minimum atomic E-state index is -0.213. The maximum atomic E-state index is 10.9. The number of nitrogens with zero attached hydrogens (tertiary/aromatic N) is 1. The lowest BCUT2D eigenvalue weighted by Crippen LogP contribution is -2.19. The van der Waals surface area contributed by atoms with Gasteiger partial charge in [0.05, 0.1) is 0 Å². The van der Waals surface area contributed by atoms with Crippen molar-refractivity contribution in [1.29, 1.82) is 0 Å². The third-order valence-corrected chi connectivity index (χ3v) is 1.57. The van der Waals surface area contributed by atoms with Crippen molar-refractivity contribution in [2.45, 2.75) is 13.3 Å². The van der Waals surface area contributed by atoms with E-state index >= 15 is 0 Å².